The number of hydrogen-bond acceptors (Lipinski definition) is 10. The van der Waals surface area contributed by atoms with Crippen LogP contribution in [0.4, 0.5) is 0 Å². The van der Waals surface area contributed by atoms with Crippen LogP contribution in [0.1, 0.15) is 6.42 Å². The quantitative estimate of drug-likeness (QED) is 0.196. The van der Waals surface area contributed by atoms with Crippen LogP contribution in [-0.2, 0) is 44.3 Å². The molecule has 1 rings (SSSR count). The van der Waals surface area contributed by atoms with Gasteiger partial charge in [-0.15, -0.1) is 0 Å². The molecule has 1 aliphatic rings. The van der Waals surface area contributed by atoms with Crippen LogP contribution in [0.5, 0.6) is 0 Å². The number of ether oxygens (including phenoxy) is 2. The highest BCUT2D eigenvalue weighted by molar-refractivity contribution is 6.80. The lowest BCUT2D eigenvalue weighted by Gasteiger charge is -2.38. The molecule has 0 spiro atoms. The van der Waals surface area contributed by atoms with E-state index in [0.29, 0.717) is 25.7 Å². The summed E-state index contributed by atoms with van der Waals surface area (Å²) in [6.07, 6.45) is 0.941. The molecule has 1 atom stereocenters. The summed E-state index contributed by atoms with van der Waals surface area (Å²) in [4.78, 5) is 0. The fourth-order valence-corrected chi connectivity index (χ4v) is 11.7. The maximum Gasteiger partial charge on any atom is 0.669 e. The Morgan fingerprint density at radius 1 is 0.808 bits per heavy atom. The van der Waals surface area contributed by atoms with Gasteiger partial charge in [0.2, 0.25) is 0 Å². The second-order valence-corrected chi connectivity index (χ2v) is 14.5. The number of hydrogen-bond donors (Lipinski definition) is 0. The zero-order valence-corrected chi connectivity index (χ0v) is 19.7. The van der Waals surface area contributed by atoms with Gasteiger partial charge in [-0.25, -0.2) is 0 Å². The number of rotatable bonds is 16. The maximum atomic E-state index is 6.18. The van der Waals surface area contributed by atoms with Crippen molar-refractivity contribution in [2.75, 3.05) is 62.5 Å². The SMILES string of the molecule is CO[Si](OC)(OC)O[Si](C)(CCCOCC1CO1)O[Si](OC)(OC)OC. The summed E-state index contributed by atoms with van der Waals surface area (Å²) in [5.41, 5.74) is 0. The first kappa shape index (κ1) is 24.3. The van der Waals surface area contributed by atoms with E-state index in [9.17, 15) is 0 Å². The van der Waals surface area contributed by atoms with E-state index in [1.54, 1.807) is 0 Å². The minimum Gasteiger partial charge on any atom is -0.379 e. The van der Waals surface area contributed by atoms with Gasteiger partial charge in [-0.2, -0.15) is 0 Å². The Kier molecular flexibility index (Phi) is 10.6. The Morgan fingerprint density at radius 3 is 1.58 bits per heavy atom. The van der Waals surface area contributed by atoms with Crippen LogP contribution in [0.15, 0.2) is 0 Å². The Bertz CT molecular complexity index is 352. The fourth-order valence-electron chi connectivity index (χ4n) is 2.28. The van der Waals surface area contributed by atoms with Gasteiger partial charge >= 0.3 is 26.7 Å². The highest BCUT2D eigenvalue weighted by Crippen LogP contribution is 2.27. The van der Waals surface area contributed by atoms with Crippen molar-refractivity contribution >= 4 is 26.7 Å². The molecule has 1 aliphatic heterocycles. The molecule has 0 saturated carbocycles. The Labute approximate surface area is 159 Å². The molecular formula is C13H32O10Si3. The maximum absolute atomic E-state index is 6.18. The molecule has 1 saturated heterocycles. The molecule has 0 aromatic carbocycles. The van der Waals surface area contributed by atoms with Crippen LogP contribution in [0.3, 0.4) is 0 Å². The summed E-state index contributed by atoms with van der Waals surface area (Å²) in [6.45, 7) is 3.79. The topological polar surface area (TPSA) is 95.6 Å². The summed E-state index contributed by atoms with van der Waals surface area (Å²) in [5, 5.41) is 0. The Hall–Kier alpha value is 0.251. The first-order valence-electron chi connectivity index (χ1n) is 8.26. The second kappa shape index (κ2) is 11.3. The minimum atomic E-state index is -3.34. The molecule has 1 fully saturated rings. The summed E-state index contributed by atoms with van der Waals surface area (Å²) in [6, 6.07) is 0.578. The molecule has 0 radical (unpaired) electrons. The lowest BCUT2D eigenvalue weighted by atomic mass is 10.5. The molecule has 0 aliphatic carbocycles. The van der Waals surface area contributed by atoms with E-state index < -0.39 is 26.7 Å². The predicted octanol–water partition coefficient (Wildman–Crippen LogP) is 0.647. The molecular weight excluding hydrogens is 400 g/mol. The molecule has 0 aromatic heterocycles. The summed E-state index contributed by atoms with van der Waals surface area (Å²) in [5.74, 6) is 0. The van der Waals surface area contributed by atoms with Gasteiger partial charge in [0, 0.05) is 49.3 Å². The molecule has 0 amide bonds. The smallest absolute Gasteiger partial charge is 0.379 e. The van der Waals surface area contributed by atoms with Crippen molar-refractivity contribution in [3.8, 4) is 0 Å². The minimum absolute atomic E-state index is 0.234. The zero-order valence-electron chi connectivity index (χ0n) is 16.7. The van der Waals surface area contributed by atoms with E-state index in [4.69, 9.17) is 44.3 Å². The van der Waals surface area contributed by atoms with Gasteiger partial charge < -0.3 is 44.3 Å². The Balaban J connectivity index is 2.79. The second-order valence-electron chi connectivity index (χ2n) is 5.70. The molecule has 1 heterocycles. The normalized spacial score (nSPS) is 18.3. The standard InChI is InChI=1S/C13H32O10Si3/c1-14-25(15-2,16-3)22-24(7,23-26(17-4,18-5)19-6)10-8-9-20-11-13-12-21-13/h13H,8-12H2,1-7H3. The molecule has 1 unspecified atom stereocenters. The predicted molar refractivity (Wildman–Crippen MR) is 97.3 cm³/mol. The van der Waals surface area contributed by atoms with Crippen molar-refractivity contribution in [3.63, 3.8) is 0 Å². The van der Waals surface area contributed by atoms with Crippen molar-refractivity contribution in [3.05, 3.63) is 0 Å². The first-order chi connectivity index (χ1) is 12.4. The van der Waals surface area contributed by atoms with Gasteiger partial charge in [-0.3, -0.25) is 0 Å². The highest BCUT2D eigenvalue weighted by Gasteiger charge is 2.56. The van der Waals surface area contributed by atoms with Crippen LogP contribution < -0.4 is 0 Å². The van der Waals surface area contributed by atoms with Crippen LogP contribution in [0.25, 0.3) is 0 Å². The lowest BCUT2D eigenvalue weighted by Crippen LogP contribution is -2.62. The average molecular weight is 433 g/mol. The molecule has 0 N–H and O–H groups in total. The van der Waals surface area contributed by atoms with Gasteiger partial charge in [-0.1, -0.05) is 0 Å². The molecule has 26 heavy (non-hydrogen) atoms. The first-order valence-corrected chi connectivity index (χ1v) is 14.1. The molecule has 156 valence electrons. The van der Waals surface area contributed by atoms with E-state index in [1.165, 1.54) is 42.7 Å². The molecule has 10 nitrogen and oxygen atoms in total. The average Bonchev–Trinajstić information content (AvgIpc) is 3.49. The van der Waals surface area contributed by atoms with E-state index in [-0.39, 0.29) is 6.10 Å². The third-order valence-corrected chi connectivity index (χ3v) is 13.5. The van der Waals surface area contributed by atoms with Crippen molar-refractivity contribution in [1.82, 2.24) is 0 Å². The highest BCUT2D eigenvalue weighted by atomic mass is 28.5. The third kappa shape index (κ3) is 7.34. The van der Waals surface area contributed by atoms with Crippen molar-refractivity contribution in [1.29, 1.82) is 0 Å². The van der Waals surface area contributed by atoms with E-state index in [1.807, 2.05) is 6.55 Å². The van der Waals surface area contributed by atoms with E-state index in [0.717, 1.165) is 6.61 Å². The fraction of sp³-hybridized carbons (Fsp3) is 1.00. The van der Waals surface area contributed by atoms with Crippen LogP contribution >= 0.6 is 0 Å². The Morgan fingerprint density at radius 2 is 1.23 bits per heavy atom. The largest absolute Gasteiger partial charge is 0.669 e. The van der Waals surface area contributed by atoms with Gasteiger partial charge in [0.1, 0.15) is 6.10 Å². The van der Waals surface area contributed by atoms with Gasteiger partial charge in [0.05, 0.1) is 13.2 Å². The summed E-state index contributed by atoms with van der Waals surface area (Å²) >= 11 is 0. The van der Waals surface area contributed by atoms with Crippen molar-refractivity contribution < 1.29 is 44.3 Å². The van der Waals surface area contributed by atoms with Crippen LogP contribution in [0, 0.1) is 0 Å². The zero-order chi connectivity index (χ0) is 19.7. The van der Waals surface area contributed by atoms with Crippen LogP contribution in [-0.4, -0.2) is 95.2 Å². The molecule has 0 bridgehead atoms. The van der Waals surface area contributed by atoms with E-state index in [2.05, 4.69) is 0 Å². The molecule has 0 aromatic rings. The van der Waals surface area contributed by atoms with E-state index >= 15 is 0 Å². The third-order valence-electron chi connectivity index (χ3n) is 3.81. The monoisotopic (exact) mass is 432 g/mol. The summed E-state index contributed by atoms with van der Waals surface area (Å²) in [7, 11) is -0.781. The van der Waals surface area contributed by atoms with Gasteiger partial charge in [0.15, 0.2) is 0 Å². The van der Waals surface area contributed by atoms with Crippen LogP contribution in [0.2, 0.25) is 12.6 Å². The van der Waals surface area contributed by atoms with Crippen molar-refractivity contribution in [2.45, 2.75) is 25.1 Å². The lowest BCUT2D eigenvalue weighted by molar-refractivity contribution is 0.0144. The van der Waals surface area contributed by atoms with Crippen molar-refractivity contribution in [2.24, 2.45) is 0 Å². The van der Waals surface area contributed by atoms with Gasteiger partial charge in [0.25, 0.3) is 0 Å². The molecule has 13 heteroatoms. The van der Waals surface area contributed by atoms with Gasteiger partial charge in [-0.05, 0) is 19.0 Å². The number of epoxide rings is 1. The summed E-state index contributed by atoms with van der Waals surface area (Å²) < 4.78 is 55.4.